The quantitative estimate of drug-likeness (QED) is 0.140. The Kier molecular flexibility index (Phi) is 12.6. The lowest BCUT2D eigenvalue weighted by molar-refractivity contribution is -0.150. The molecule has 0 aromatic heterocycles. The normalized spacial score (nSPS) is 11.9. The molecule has 0 radical (unpaired) electrons. The third-order valence-electron chi connectivity index (χ3n) is 6.25. The van der Waals surface area contributed by atoms with E-state index >= 15 is 0 Å². The second kappa shape index (κ2) is 16.4. The summed E-state index contributed by atoms with van der Waals surface area (Å²) in [7, 11) is 0. The summed E-state index contributed by atoms with van der Waals surface area (Å²) in [5, 5.41) is 11.8. The molecule has 0 aliphatic heterocycles. The summed E-state index contributed by atoms with van der Waals surface area (Å²) in [5.41, 5.74) is -0.122. The molecule has 1 unspecified atom stereocenters. The fraction of sp³-hybridized carbons (Fsp3) is 0.355. The SMILES string of the molecule is CCOC(Cc1ccc(OCCN(CCCCOc2ccc(F)cc2)C(=O)Nc2cccc(C(F)(F)F)c2)cc1)C(=O)O. The van der Waals surface area contributed by atoms with Crippen LogP contribution in [0.2, 0.25) is 0 Å². The Bertz CT molecular complexity index is 1300. The van der Waals surface area contributed by atoms with Gasteiger partial charge in [0.25, 0.3) is 0 Å². The van der Waals surface area contributed by atoms with Crippen molar-refractivity contribution in [1.82, 2.24) is 4.90 Å². The molecule has 0 bridgehead atoms. The molecule has 0 saturated heterocycles. The number of hydrogen-bond acceptors (Lipinski definition) is 5. The minimum absolute atomic E-state index is 0.00712. The molecule has 0 aliphatic carbocycles. The molecule has 0 saturated carbocycles. The number of amides is 2. The second-order valence-corrected chi connectivity index (χ2v) is 9.48. The van der Waals surface area contributed by atoms with Crippen LogP contribution in [-0.4, -0.2) is 61.0 Å². The van der Waals surface area contributed by atoms with Gasteiger partial charge in [0.1, 0.15) is 23.9 Å². The van der Waals surface area contributed by atoms with Crippen molar-refractivity contribution in [3.8, 4) is 11.5 Å². The number of carboxylic acid groups (broad SMARTS) is 1. The molecule has 2 N–H and O–H groups in total. The van der Waals surface area contributed by atoms with Crippen LogP contribution in [0.1, 0.15) is 30.9 Å². The predicted octanol–water partition coefficient (Wildman–Crippen LogP) is 6.65. The third-order valence-corrected chi connectivity index (χ3v) is 6.25. The minimum atomic E-state index is -4.55. The first-order valence-corrected chi connectivity index (χ1v) is 13.7. The summed E-state index contributed by atoms with van der Waals surface area (Å²) in [6.45, 7) is 2.82. The fourth-order valence-electron chi connectivity index (χ4n) is 4.04. The number of carboxylic acids is 1. The van der Waals surface area contributed by atoms with Gasteiger partial charge in [0, 0.05) is 25.3 Å². The van der Waals surface area contributed by atoms with E-state index in [0.717, 1.165) is 17.7 Å². The molecular formula is C31H34F4N2O6. The van der Waals surface area contributed by atoms with Gasteiger partial charge >= 0.3 is 18.2 Å². The van der Waals surface area contributed by atoms with Crippen LogP contribution in [0.15, 0.2) is 72.8 Å². The topological polar surface area (TPSA) is 97.3 Å². The van der Waals surface area contributed by atoms with Crippen LogP contribution >= 0.6 is 0 Å². The van der Waals surface area contributed by atoms with E-state index in [4.69, 9.17) is 14.2 Å². The van der Waals surface area contributed by atoms with Gasteiger partial charge in [0.15, 0.2) is 6.10 Å². The number of carbonyl (C=O) groups is 2. The maximum absolute atomic E-state index is 13.1. The Morgan fingerprint density at radius 2 is 1.56 bits per heavy atom. The van der Waals surface area contributed by atoms with E-state index < -0.39 is 29.8 Å². The molecule has 8 nitrogen and oxygen atoms in total. The van der Waals surface area contributed by atoms with Crippen LogP contribution in [-0.2, 0) is 22.1 Å². The molecule has 2 amide bonds. The van der Waals surface area contributed by atoms with Crippen molar-refractivity contribution in [2.75, 3.05) is 38.2 Å². The highest BCUT2D eigenvalue weighted by Gasteiger charge is 2.30. The van der Waals surface area contributed by atoms with E-state index in [1.807, 2.05) is 0 Å². The lowest BCUT2D eigenvalue weighted by Crippen LogP contribution is -2.38. The molecule has 3 aromatic rings. The molecule has 232 valence electrons. The van der Waals surface area contributed by atoms with E-state index in [-0.39, 0.29) is 44.2 Å². The molecular weight excluding hydrogens is 572 g/mol. The van der Waals surface area contributed by atoms with Crippen LogP contribution in [0.4, 0.5) is 28.0 Å². The number of urea groups is 1. The maximum Gasteiger partial charge on any atom is 0.416 e. The summed E-state index contributed by atoms with van der Waals surface area (Å²) in [4.78, 5) is 25.8. The predicted molar refractivity (Wildman–Crippen MR) is 152 cm³/mol. The Hall–Kier alpha value is -4.32. The Balaban J connectivity index is 1.57. The Morgan fingerprint density at radius 3 is 2.19 bits per heavy atom. The first-order valence-electron chi connectivity index (χ1n) is 13.7. The lowest BCUT2D eigenvalue weighted by atomic mass is 10.1. The molecule has 0 heterocycles. The van der Waals surface area contributed by atoms with Crippen molar-refractivity contribution in [1.29, 1.82) is 0 Å². The monoisotopic (exact) mass is 606 g/mol. The average Bonchev–Trinajstić information content (AvgIpc) is 2.97. The number of rotatable bonds is 16. The summed E-state index contributed by atoms with van der Waals surface area (Å²) in [6.07, 6.45) is -4.23. The molecule has 0 aliphatic rings. The van der Waals surface area contributed by atoms with Crippen molar-refractivity contribution < 1.29 is 46.5 Å². The van der Waals surface area contributed by atoms with Crippen LogP contribution in [0.3, 0.4) is 0 Å². The Labute approximate surface area is 247 Å². The highest BCUT2D eigenvalue weighted by atomic mass is 19.4. The summed E-state index contributed by atoms with van der Waals surface area (Å²) in [5.74, 6) is -0.414. The van der Waals surface area contributed by atoms with Crippen LogP contribution in [0, 0.1) is 5.82 Å². The molecule has 12 heteroatoms. The van der Waals surface area contributed by atoms with Gasteiger partial charge in [-0.2, -0.15) is 13.2 Å². The number of nitrogens with zero attached hydrogens (tertiary/aromatic N) is 1. The van der Waals surface area contributed by atoms with Crippen molar-refractivity contribution in [2.24, 2.45) is 0 Å². The van der Waals surface area contributed by atoms with Gasteiger partial charge in [0.05, 0.1) is 18.7 Å². The summed E-state index contributed by atoms with van der Waals surface area (Å²) < 4.78 is 69.1. The van der Waals surface area contributed by atoms with Crippen molar-refractivity contribution >= 4 is 17.7 Å². The number of unbranched alkanes of at least 4 members (excludes halogenated alkanes) is 1. The number of alkyl halides is 3. The van der Waals surface area contributed by atoms with Gasteiger partial charge < -0.3 is 29.5 Å². The smallest absolute Gasteiger partial charge is 0.416 e. The number of aliphatic carboxylic acids is 1. The standard InChI is InChI=1S/C31H34F4N2O6/c1-2-41-28(29(38)39)20-22-8-12-26(13-9-22)43-19-17-37(16-3-4-18-42-27-14-10-24(32)11-15-27)30(40)36-25-7-5-6-23(21-25)31(33,34)35/h5-15,21,28H,2-4,16-20H2,1H3,(H,36,40)(H,38,39). The number of nitrogens with one attached hydrogen (secondary N) is 1. The van der Waals surface area contributed by atoms with E-state index in [0.29, 0.717) is 30.9 Å². The lowest BCUT2D eigenvalue weighted by Gasteiger charge is -2.23. The largest absolute Gasteiger partial charge is 0.494 e. The number of benzene rings is 3. The summed E-state index contributed by atoms with van der Waals surface area (Å²) in [6, 6.07) is 16.2. The van der Waals surface area contributed by atoms with E-state index in [2.05, 4.69) is 5.32 Å². The number of ether oxygens (including phenoxy) is 3. The molecule has 3 aromatic carbocycles. The van der Waals surface area contributed by atoms with Crippen LogP contribution in [0.5, 0.6) is 11.5 Å². The van der Waals surface area contributed by atoms with Crippen LogP contribution in [0.25, 0.3) is 0 Å². The number of halogens is 4. The fourth-order valence-corrected chi connectivity index (χ4v) is 4.04. The zero-order chi connectivity index (χ0) is 31.2. The van der Waals surface area contributed by atoms with Gasteiger partial charge in [-0.1, -0.05) is 18.2 Å². The molecule has 0 fully saturated rings. The van der Waals surface area contributed by atoms with Gasteiger partial charge in [0.2, 0.25) is 0 Å². The van der Waals surface area contributed by atoms with E-state index in [9.17, 15) is 32.3 Å². The number of carbonyl (C=O) groups excluding carboxylic acids is 1. The zero-order valence-electron chi connectivity index (χ0n) is 23.6. The Morgan fingerprint density at radius 1 is 0.907 bits per heavy atom. The van der Waals surface area contributed by atoms with E-state index in [1.165, 1.54) is 41.3 Å². The first-order chi connectivity index (χ1) is 20.5. The maximum atomic E-state index is 13.1. The number of anilines is 1. The van der Waals surface area contributed by atoms with Crippen molar-refractivity contribution in [3.05, 3.63) is 89.7 Å². The second-order valence-electron chi connectivity index (χ2n) is 9.48. The van der Waals surface area contributed by atoms with Gasteiger partial charge in [-0.05, 0) is 79.9 Å². The highest BCUT2D eigenvalue weighted by Crippen LogP contribution is 2.30. The minimum Gasteiger partial charge on any atom is -0.494 e. The third kappa shape index (κ3) is 11.5. The molecule has 43 heavy (non-hydrogen) atoms. The first kappa shape index (κ1) is 33.2. The van der Waals surface area contributed by atoms with Gasteiger partial charge in [-0.25, -0.2) is 14.0 Å². The van der Waals surface area contributed by atoms with E-state index in [1.54, 1.807) is 31.2 Å². The number of hydrogen-bond donors (Lipinski definition) is 2. The molecule has 0 spiro atoms. The van der Waals surface area contributed by atoms with Gasteiger partial charge in [-0.15, -0.1) is 0 Å². The highest BCUT2D eigenvalue weighted by molar-refractivity contribution is 5.89. The zero-order valence-corrected chi connectivity index (χ0v) is 23.6. The molecule has 1 atom stereocenters. The van der Waals surface area contributed by atoms with Crippen LogP contribution < -0.4 is 14.8 Å². The van der Waals surface area contributed by atoms with Gasteiger partial charge in [-0.3, -0.25) is 0 Å². The van der Waals surface area contributed by atoms with Crippen molar-refractivity contribution in [3.63, 3.8) is 0 Å². The average molecular weight is 607 g/mol. The van der Waals surface area contributed by atoms with Crippen molar-refractivity contribution in [2.45, 2.75) is 38.5 Å². The summed E-state index contributed by atoms with van der Waals surface area (Å²) >= 11 is 0. The molecule has 3 rings (SSSR count).